The Morgan fingerprint density at radius 2 is 2.18 bits per heavy atom. The Balaban J connectivity index is 2.50. The molecule has 0 amide bonds. The van der Waals surface area contributed by atoms with Gasteiger partial charge in [-0.2, -0.15) is 0 Å². The molecule has 0 saturated heterocycles. The second-order valence-corrected chi connectivity index (χ2v) is 4.57. The van der Waals surface area contributed by atoms with Crippen molar-refractivity contribution in [1.82, 2.24) is 4.98 Å². The number of nitrogens with two attached hydrogens (primary N) is 1. The topological polar surface area (TPSA) is 48.1 Å². The van der Waals surface area contributed by atoms with E-state index in [1.165, 1.54) is 19.3 Å². The smallest absolute Gasteiger partial charge is 0.237 e. The SMILES string of the molecule is CCCCC(CC)COc1nccc(C)c1N. The molecular formula is C14H24N2O. The average Bonchev–Trinajstić information content (AvgIpc) is 2.34. The maximum atomic E-state index is 5.92. The molecule has 0 aliphatic rings. The van der Waals surface area contributed by atoms with Crippen LogP contribution in [-0.4, -0.2) is 11.6 Å². The number of nitrogens with zero attached hydrogens (tertiary/aromatic N) is 1. The standard InChI is InChI=1S/C14H24N2O/c1-4-6-7-12(5-2)10-17-14-13(15)11(3)8-9-16-14/h8-9,12H,4-7,10,15H2,1-3H3. The molecule has 0 spiro atoms. The molecule has 3 heteroatoms. The molecule has 1 aromatic rings. The van der Waals surface area contributed by atoms with E-state index in [4.69, 9.17) is 10.5 Å². The van der Waals surface area contributed by atoms with Crippen LogP contribution in [0.4, 0.5) is 5.69 Å². The number of nitrogen functional groups attached to an aromatic ring is 1. The lowest BCUT2D eigenvalue weighted by molar-refractivity contribution is 0.227. The fraction of sp³-hybridized carbons (Fsp3) is 0.643. The van der Waals surface area contributed by atoms with Gasteiger partial charge in [0.25, 0.3) is 0 Å². The Bertz CT molecular complexity index is 339. The first kappa shape index (κ1) is 13.8. The molecule has 0 aromatic carbocycles. The largest absolute Gasteiger partial charge is 0.476 e. The molecule has 0 radical (unpaired) electrons. The van der Waals surface area contributed by atoms with E-state index >= 15 is 0 Å². The van der Waals surface area contributed by atoms with Gasteiger partial charge < -0.3 is 10.5 Å². The van der Waals surface area contributed by atoms with Gasteiger partial charge in [-0.3, -0.25) is 0 Å². The van der Waals surface area contributed by atoms with E-state index in [1.54, 1.807) is 6.20 Å². The van der Waals surface area contributed by atoms with Crippen molar-refractivity contribution in [2.45, 2.75) is 46.5 Å². The van der Waals surface area contributed by atoms with Gasteiger partial charge in [0.15, 0.2) is 0 Å². The molecule has 1 heterocycles. The highest BCUT2D eigenvalue weighted by Gasteiger charge is 2.09. The minimum Gasteiger partial charge on any atom is -0.476 e. The molecule has 1 rings (SSSR count). The van der Waals surface area contributed by atoms with Gasteiger partial charge in [0.05, 0.1) is 12.3 Å². The maximum absolute atomic E-state index is 5.92. The van der Waals surface area contributed by atoms with Crippen molar-refractivity contribution in [3.63, 3.8) is 0 Å². The van der Waals surface area contributed by atoms with Crippen LogP contribution < -0.4 is 10.5 Å². The summed E-state index contributed by atoms with van der Waals surface area (Å²) in [5.41, 5.74) is 7.61. The molecule has 0 aliphatic heterocycles. The van der Waals surface area contributed by atoms with Crippen LogP contribution in [0.5, 0.6) is 5.88 Å². The first-order chi connectivity index (χ1) is 8.19. The summed E-state index contributed by atoms with van der Waals surface area (Å²) in [7, 11) is 0. The summed E-state index contributed by atoms with van der Waals surface area (Å²) in [6.45, 7) is 7.11. The number of rotatable bonds is 7. The van der Waals surface area contributed by atoms with Gasteiger partial charge in [-0.15, -0.1) is 0 Å². The molecule has 0 fully saturated rings. The summed E-state index contributed by atoms with van der Waals surface area (Å²) in [4.78, 5) is 4.18. The number of aryl methyl sites for hydroxylation is 1. The molecular weight excluding hydrogens is 212 g/mol. The highest BCUT2D eigenvalue weighted by atomic mass is 16.5. The van der Waals surface area contributed by atoms with Gasteiger partial charge in [0.1, 0.15) is 0 Å². The van der Waals surface area contributed by atoms with Crippen LogP contribution in [0.3, 0.4) is 0 Å². The van der Waals surface area contributed by atoms with Gasteiger partial charge in [-0.25, -0.2) is 4.98 Å². The average molecular weight is 236 g/mol. The van der Waals surface area contributed by atoms with E-state index in [2.05, 4.69) is 18.8 Å². The molecule has 1 unspecified atom stereocenters. The molecule has 0 bridgehead atoms. The predicted molar refractivity (Wildman–Crippen MR) is 72.2 cm³/mol. The molecule has 96 valence electrons. The number of anilines is 1. The highest BCUT2D eigenvalue weighted by molar-refractivity contribution is 5.53. The Labute approximate surface area is 104 Å². The molecule has 1 atom stereocenters. The fourth-order valence-corrected chi connectivity index (χ4v) is 1.75. The van der Waals surface area contributed by atoms with E-state index in [1.807, 2.05) is 13.0 Å². The first-order valence-electron chi connectivity index (χ1n) is 6.52. The van der Waals surface area contributed by atoms with E-state index < -0.39 is 0 Å². The van der Waals surface area contributed by atoms with Crippen LogP contribution in [0.15, 0.2) is 12.3 Å². The van der Waals surface area contributed by atoms with Gasteiger partial charge in [0, 0.05) is 6.20 Å². The Morgan fingerprint density at radius 3 is 2.82 bits per heavy atom. The maximum Gasteiger partial charge on any atom is 0.237 e. The minimum atomic E-state index is 0.583. The summed E-state index contributed by atoms with van der Waals surface area (Å²) in [5, 5.41) is 0. The van der Waals surface area contributed by atoms with E-state index in [-0.39, 0.29) is 0 Å². The molecule has 2 N–H and O–H groups in total. The Kier molecular flexibility index (Phi) is 5.81. The van der Waals surface area contributed by atoms with Crippen molar-refractivity contribution in [2.75, 3.05) is 12.3 Å². The third kappa shape index (κ3) is 4.25. The van der Waals surface area contributed by atoms with Crippen molar-refractivity contribution in [3.05, 3.63) is 17.8 Å². The lowest BCUT2D eigenvalue weighted by atomic mass is 10.0. The summed E-state index contributed by atoms with van der Waals surface area (Å²) in [6.07, 6.45) is 6.61. The molecule has 3 nitrogen and oxygen atoms in total. The molecule has 0 aliphatic carbocycles. The number of aromatic nitrogens is 1. The second kappa shape index (κ2) is 7.15. The molecule has 17 heavy (non-hydrogen) atoms. The Morgan fingerprint density at radius 1 is 1.41 bits per heavy atom. The molecule has 0 saturated carbocycles. The van der Waals surface area contributed by atoms with Crippen molar-refractivity contribution in [3.8, 4) is 5.88 Å². The predicted octanol–water partition coefficient (Wildman–Crippen LogP) is 3.57. The van der Waals surface area contributed by atoms with Crippen molar-refractivity contribution >= 4 is 5.69 Å². The monoisotopic (exact) mass is 236 g/mol. The van der Waals surface area contributed by atoms with Gasteiger partial charge >= 0.3 is 0 Å². The van der Waals surface area contributed by atoms with Crippen LogP contribution in [0.2, 0.25) is 0 Å². The lowest BCUT2D eigenvalue weighted by Gasteiger charge is -2.16. The highest BCUT2D eigenvalue weighted by Crippen LogP contribution is 2.23. The van der Waals surface area contributed by atoms with Crippen LogP contribution in [0.25, 0.3) is 0 Å². The number of unbranched alkanes of at least 4 members (excludes halogenated alkanes) is 1. The fourth-order valence-electron chi connectivity index (χ4n) is 1.75. The zero-order chi connectivity index (χ0) is 12.7. The van der Waals surface area contributed by atoms with Crippen LogP contribution in [0.1, 0.15) is 45.1 Å². The van der Waals surface area contributed by atoms with Gasteiger partial charge in [0.2, 0.25) is 5.88 Å². The quantitative estimate of drug-likeness (QED) is 0.787. The zero-order valence-electron chi connectivity index (χ0n) is 11.2. The van der Waals surface area contributed by atoms with Crippen molar-refractivity contribution in [1.29, 1.82) is 0 Å². The van der Waals surface area contributed by atoms with Crippen LogP contribution in [0, 0.1) is 12.8 Å². The van der Waals surface area contributed by atoms with Crippen LogP contribution in [-0.2, 0) is 0 Å². The summed E-state index contributed by atoms with van der Waals surface area (Å²) in [5.74, 6) is 1.19. The van der Waals surface area contributed by atoms with Gasteiger partial charge in [-0.1, -0.05) is 33.1 Å². The molecule has 1 aromatic heterocycles. The first-order valence-corrected chi connectivity index (χ1v) is 6.52. The number of ether oxygens (including phenoxy) is 1. The third-order valence-electron chi connectivity index (χ3n) is 3.17. The van der Waals surface area contributed by atoms with E-state index in [0.29, 0.717) is 17.5 Å². The lowest BCUT2D eigenvalue weighted by Crippen LogP contribution is -2.13. The Hall–Kier alpha value is -1.25. The number of hydrogen-bond acceptors (Lipinski definition) is 3. The normalized spacial score (nSPS) is 12.4. The zero-order valence-corrected chi connectivity index (χ0v) is 11.2. The summed E-state index contributed by atoms with van der Waals surface area (Å²) >= 11 is 0. The summed E-state index contributed by atoms with van der Waals surface area (Å²) < 4.78 is 5.73. The van der Waals surface area contributed by atoms with Crippen LogP contribution >= 0.6 is 0 Å². The van der Waals surface area contributed by atoms with E-state index in [0.717, 1.165) is 18.6 Å². The summed E-state index contributed by atoms with van der Waals surface area (Å²) in [6, 6.07) is 1.90. The van der Waals surface area contributed by atoms with Gasteiger partial charge in [-0.05, 0) is 30.9 Å². The second-order valence-electron chi connectivity index (χ2n) is 4.57. The third-order valence-corrected chi connectivity index (χ3v) is 3.17. The number of pyridine rings is 1. The number of hydrogen-bond donors (Lipinski definition) is 1. The van der Waals surface area contributed by atoms with Crippen molar-refractivity contribution in [2.24, 2.45) is 5.92 Å². The van der Waals surface area contributed by atoms with E-state index in [9.17, 15) is 0 Å². The van der Waals surface area contributed by atoms with Crippen molar-refractivity contribution < 1.29 is 4.74 Å². The minimum absolute atomic E-state index is 0.583.